The Balaban J connectivity index is 1.54. The Labute approximate surface area is 163 Å². The SMILES string of the molecule is Cc1c2nc(NCC(=O)O)sc2cc2sc(NCC(=O)N3CCCC3)nc12. The van der Waals surface area contributed by atoms with Crippen LogP contribution in [0, 0.1) is 6.92 Å². The van der Waals surface area contributed by atoms with Crippen molar-refractivity contribution >= 4 is 65.2 Å². The zero-order chi connectivity index (χ0) is 19.0. The number of anilines is 2. The van der Waals surface area contributed by atoms with Crippen molar-refractivity contribution in [1.29, 1.82) is 0 Å². The number of thiazole rings is 2. The second-order valence-electron chi connectivity index (χ2n) is 6.42. The topological polar surface area (TPSA) is 107 Å². The number of nitrogens with one attached hydrogen (secondary N) is 2. The van der Waals surface area contributed by atoms with Gasteiger partial charge >= 0.3 is 5.97 Å². The minimum Gasteiger partial charge on any atom is -0.480 e. The molecule has 10 heteroatoms. The van der Waals surface area contributed by atoms with Crippen LogP contribution in [0.3, 0.4) is 0 Å². The molecule has 3 heterocycles. The number of aromatic nitrogens is 2. The van der Waals surface area contributed by atoms with Crippen LogP contribution in [-0.4, -0.2) is 58.0 Å². The summed E-state index contributed by atoms with van der Waals surface area (Å²) >= 11 is 2.93. The van der Waals surface area contributed by atoms with Crippen molar-refractivity contribution in [3.05, 3.63) is 11.6 Å². The number of carboxylic acids is 1. The summed E-state index contributed by atoms with van der Waals surface area (Å²) in [6, 6.07) is 2.02. The summed E-state index contributed by atoms with van der Waals surface area (Å²) < 4.78 is 2.00. The van der Waals surface area contributed by atoms with Crippen molar-refractivity contribution in [2.75, 3.05) is 36.8 Å². The zero-order valence-electron chi connectivity index (χ0n) is 14.7. The van der Waals surface area contributed by atoms with Gasteiger partial charge in [0.05, 0.1) is 27.0 Å². The first-order valence-electron chi connectivity index (χ1n) is 8.69. The van der Waals surface area contributed by atoms with Gasteiger partial charge in [0.25, 0.3) is 0 Å². The van der Waals surface area contributed by atoms with E-state index in [4.69, 9.17) is 5.11 Å². The van der Waals surface area contributed by atoms with Gasteiger partial charge in [-0.05, 0) is 25.8 Å². The van der Waals surface area contributed by atoms with Crippen molar-refractivity contribution in [3.63, 3.8) is 0 Å². The molecule has 0 bridgehead atoms. The normalized spacial score (nSPS) is 14.2. The first-order valence-corrected chi connectivity index (χ1v) is 10.3. The van der Waals surface area contributed by atoms with E-state index in [0.29, 0.717) is 5.13 Å². The van der Waals surface area contributed by atoms with Gasteiger partial charge in [-0.2, -0.15) is 0 Å². The monoisotopic (exact) mass is 405 g/mol. The lowest BCUT2D eigenvalue weighted by Crippen LogP contribution is -2.32. The lowest BCUT2D eigenvalue weighted by atomic mass is 10.2. The van der Waals surface area contributed by atoms with E-state index in [2.05, 4.69) is 20.6 Å². The molecular weight excluding hydrogens is 386 g/mol. The molecule has 4 rings (SSSR count). The standard InChI is InChI=1S/C17H19N5O3S2/c1-9-14-10(6-11-15(9)21-17(27-11)19-8-13(24)25)26-16(20-14)18-7-12(23)22-4-2-3-5-22/h6H,2-5,7-8H2,1H3,(H,18,20)(H,19,21)(H,24,25). The Morgan fingerprint density at radius 1 is 1.07 bits per heavy atom. The third-order valence-corrected chi connectivity index (χ3v) is 6.44. The highest BCUT2D eigenvalue weighted by Crippen LogP contribution is 2.36. The van der Waals surface area contributed by atoms with Gasteiger partial charge in [0.15, 0.2) is 10.3 Å². The number of carboxylic acid groups (broad SMARTS) is 1. The Hall–Kier alpha value is -2.46. The highest BCUT2D eigenvalue weighted by molar-refractivity contribution is 7.24. The Morgan fingerprint density at radius 2 is 1.63 bits per heavy atom. The minimum atomic E-state index is -0.923. The number of nitrogens with zero attached hydrogens (tertiary/aromatic N) is 3. The van der Waals surface area contributed by atoms with Crippen LogP contribution < -0.4 is 10.6 Å². The van der Waals surface area contributed by atoms with E-state index in [0.717, 1.165) is 57.1 Å². The van der Waals surface area contributed by atoms with Crippen LogP contribution >= 0.6 is 22.7 Å². The molecule has 1 aliphatic heterocycles. The third kappa shape index (κ3) is 3.67. The first-order chi connectivity index (χ1) is 13.0. The third-order valence-electron chi connectivity index (χ3n) is 4.52. The molecule has 27 heavy (non-hydrogen) atoms. The van der Waals surface area contributed by atoms with Gasteiger partial charge in [0.2, 0.25) is 5.91 Å². The Morgan fingerprint density at radius 3 is 2.19 bits per heavy atom. The fourth-order valence-electron chi connectivity index (χ4n) is 3.16. The molecule has 0 unspecified atom stereocenters. The Kier molecular flexibility index (Phi) is 4.83. The van der Waals surface area contributed by atoms with Gasteiger partial charge in [-0.15, -0.1) is 0 Å². The van der Waals surface area contributed by atoms with Crippen molar-refractivity contribution in [2.24, 2.45) is 0 Å². The van der Waals surface area contributed by atoms with Crippen molar-refractivity contribution in [1.82, 2.24) is 14.9 Å². The van der Waals surface area contributed by atoms with Crippen LogP contribution in [-0.2, 0) is 9.59 Å². The molecule has 1 amide bonds. The maximum absolute atomic E-state index is 12.2. The quantitative estimate of drug-likeness (QED) is 0.579. The highest BCUT2D eigenvalue weighted by atomic mass is 32.1. The largest absolute Gasteiger partial charge is 0.480 e. The van der Waals surface area contributed by atoms with Gasteiger partial charge in [0, 0.05) is 18.7 Å². The van der Waals surface area contributed by atoms with E-state index in [-0.39, 0.29) is 19.0 Å². The van der Waals surface area contributed by atoms with E-state index >= 15 is 0 Å². The average Bonchev–Trinajstić information content (AvgIpc) is 3.37. The van der Waals surface area contributed by atoms with Crippen LogP contribution in [0.25, 0.3) is 20.4 Å². The number of carbonyl (C=O) groups is 2. The zero-order valence-corrected chi connectivity index (χ0v) is 16.4. The van der Waals surface area contributed by atoms with Gasteiger partial charge < -0.3 is 20.6 Å². The maximum atomic E-state index is 12.2. The smallest absolute Gasteiger partial charge is 0.322 e. The molecular formula is C17H19N5O3S2. The summed E-state index contributed by atoms with van der Waals surface area (Å²) in [4.78, 5) is 33.9. The van der Waals surface area contributed by atoms with E-state index < -0.39 is 5.97 Å². The number of hydrogen-bond acceptors (Lipinski definition) is 8. The van der Waals surface area contributed by atoms with Crippen LogP contribution in [0.5, 0.6) is 0 Å². The molecule has 142 valence electrons. The average molecular weight is 406 g/mol. The summed E-state index contributed by atoms with van der Waals surface area (Å²) in [5, 5.41) is 16.1. The highest BCUT2D eigenvalue weighted by Gasteiger charge is 2.18. The van der Waals surface area contributed by atoms with Crippen LogP contribution in [0.1, 0.15) is 18.4 Å². The number of carbonyl (C=O) groups excluding carboxylic acids is 1. The fraction of sp³-hybridized carbons (Fsp3) is 0.412. The molecule has 1 aliphatic rings. The Bertz CT molecular complexity index is 1020. The number of aliphatic carboxylic acids is 1. The van der Waals surface area contributed by atoms with Crippen LogP contribution in [0.15, 0.2) is 6.07 Å². The van der Waals surface area contributed by atoms with Crippen molar-refractivity contribution in [3.8, 4) is 0 Å². The molecule has 8 nitrogen and oxygen atoms in total. The predicted octanol–water partition coefficient (Wildman–Crippen LogP) is 2.75. The summed E-state index contributed by atoms with van der Waals surface area (Å²) in [6.45, 7) is 3.75. The predicted molar refractivity (Wildman–Crippen MR) is 108 cm³/mol. The molecule has 1 fully saturated rings. The number of hydrogen-bond donors (Lipinski definition) is 3. The second-order valence-corrected chi connectivity index (χ2v) is 8.48. The molecule has 0 spiro atoms. The minimum absolute atomic E-state index is 0.111. The number of likely N-dealkylation sites (tertiary alicyclic amines) is 1. The molecule has 0 saturated carbocycles. The molecule has 3 N–H and O–H groups in total. The summed E-state index contributed by atoms with van der Waals surface area (Å²) in [5.74, 6) is -0.812. The van der Waals surface area contributed by atoms with Crippen molar-refractivity contribution in [2.45, 2.75) is 19.8 Å². The number of amides is 1. The van der Waals surface area contributed by atoms with E-state index in [9.17, 15) is 9.59 Å². The lowest BCUT2D eigenvalue weighted by Gasteiger charge is -2.14. The molecule has 1 saturated heterocycles. The maximum Gasteiger partial charge on any atom is 0.322 e. The number of aryl methyl sites for hydroxylation is 1. The fourth-order valence-corrected chi connectivity index (χ4v) is 5.16. The van der Waals surface area contributed by atoms with Gasteiger partial charge in [-0.25, -0.2) is 9.97 Å². The number of rotatable bonds is 6. The molecule has 3 aromatic rings. The van der Waals surface area contributed by atoms with Gasteiger partial charge in [-0.3, -0.25) is 9.59 Å². The van der Waals surface area contributed by atoms with Gasteiger partial charge in [-0.1, -0.05) is 22.7 Å². The number of benzene rings is 1. The molecule has 0 radical (unpaired) electrons. The van der Waals surface area contributed by atoms with Crippen molar-refractivity contribution < 1.29 is 14.7 Å². The first kappa shape index (κ1) is 17.9. The summed E-state index contributed by atoms with van der Waals surface area (Å²) in [5.41, 5.74) is 2.64. The summed E-state index contributed by atoms with van der Waals surface area (Å²) in [6.07, 6.45) is 2.16. The molecule has 2 aromatic heterocycles. The van der Waals surface area contributed by atoms with E-state index in [1.165, 1.54) is 22.7 Å². The molecule has 1 aromatic carbocycles. The van der Waals surface area contributed by atoms with Crippen LogP contribution in [0.4, 0.5) is 10.3 Å². The molecule has 0 aliphatic carbocycles. The van der Waals surface area contributed by atoms with Gasteiger partial charge in [0.1, 0.15) is 6.54 Å². The summed E-state index contributed by atoms with van der Waals surface area (Å²) in [7, 11) is 0. The van der Waals surface area contributed by atoms with E-state index in [1.807, 2.05) is 17.9 Å². The van der Waals surface area contributed by atoms with Crippen LogP contribution in [0.2, 0.25) is 0 Å². The van der Waals surface area contributed by atoms with E-state index in [1.54, 1.807) is 0 Å². The lowest BCUT2D eigenvalue weighted by molar-refractivity contribution is -0.135. The molecule has 0 atom stereocenters. The number of fused-ring (bicyclic) bond motifs is 2. The second kappa shape index (κ2) is 7.28.